The molecule has 27 heavy (non-hydrogen) atoms. The first-order valence-electron chi connectivity index (χ1n) is 9.04. The molecule has 2 heterocycles. The molecule has 0 bridgehead atoms. The van der Waals surface area contributed by atoms with Crippen LogP contribution in [0, 0.1) is 6.92 Å². The van der Waals surface area contributed by atoms with Gasteiger partial charge in [0.1, 0.15) is 0 Å². The fraction of sp³-hybridized carbons (Fsp3) is 0.611. The number of aromatic nitrogens is 1. The van der Waals surface area contributed by atoms with Crippen LogP contribution >= 0.6 is 0 Å². The second-order valence-corrected chi connectivity index (χ2v) is 9.56. The molecule has 1 aromatic heterocycles. The van der Waals surface area contributed by atoms with Crippen LogP contribution in [0.3, 0.4) is 0 Å². The van der Waals surface area contributed by atoms with E-state index in [1.807, 2.05) is 13.8 Å². The number of aryl methyl sites for hydroxylation is 1. The van der Waals surface area contributed by atoms with Gasteiger partial charge in [0.05, 0.1) is 12.6 Å². The van der Waals surface area contributed by atoms with E-state index in [0.29, 0.717) is 25.0 Å². The van der Waals surface area contributed by atoms with Gasteiger partial charge in [-0.2, -0.15) is 4.31 Å². The summed E-state index contributed by atoms with van der Waals surface area (Å²) in [6.07, 6.45) is 1.61. The fourth-order valence-electron chi connectivity index (χ4n) is 2.85. The SMILES string of the molecule is Cc1cccc(S(=O)(=O)N2CCC[C@H](NC(=O)CCC(C)(C)N)C(=O)C2)n1. The Hall–Kier alpha value is -1.84. The fourth-order valence-corrected chi connectivity index (χ4v) is 4.29. The normalized spacial score (nSPS) is 19.6. The van der Waals surface area contributed by atoms with Crippen LogP contribution in [-0.4, -0.2) is 54.1 Å². The van der Waals surface area contributed by atoms with E-state index in [2.05, 4.69) is 10.3 Å². The van der Waals surface area contributed by atoms with Crippen molar-refractivity contribution in [2.45, 2.75) is 63.1 Å². The summed E-state index contributed by atoms with van der Waals surface area (Å²) in [6.45, 7) is 5.32. The number of carbonyl (C=O) groups is 2. The molecule has 0 saturated carbocycles. The van der Waals surface area contributed by atoms with E-state index in [1.54, 1.807) is 19.1 Å². The maximum atomic E-state index is 12.8. The lowest BCUT2D eigenvalue weighted by atomic mass is 9.99. The van der Waals surface area contributed by atoms with E-state index < -0.39 is 21.6 Å². The average molecular weight is 397 g/mol. The molecule has 0 aromatic carbocycles. The Labute approximate surface area is 160 Å². The van der Waals surface area contributed by atoms with Gasteiger partial charge in [0.2, 0.25) is 5.91 Å². The van der Waals surface area contributed by atoms with Gasteiger partial charge >= 0.3 is 0 Å². The van der Waals surface area contributed by atoms with Gasteiger partial charge in [-0.3, -0.25) is 9.59 Å². The minimum Gasteiger partial charge on any atom is -0.346 e. The molecule has 9 heteroatoms. The second-order valence-electron chi connectivity index (χ2n) is 7.67. The van der Waals surface area contributed by atoms with Crippen molar-refractivity contribution in [2.24, 2.45) is 5.73 Å². The van der Waals surface area contributed by atoms with Gasteiger partial charge < -0.3 is 11.1 Å². The van der Waals surface area contributed by atoms with E-state index in [1.165, 1.54) is 6.07 Å². The van der Waals surface area contributed by atoms with Crippen LogP contribution in [0.4, 0.5) is 0 Å². The molecule has 1 aliphatic heterocycles. The van der Waals surface area contributed by atoms with Crippen LogP contribution in [0.5, 0.6) is 0 Å². The summed E-state index contributed by atoms with van der Waals surface area (Å²) >= 11 is 0. The summed E-state index contributed by atoms with van der Waals surface area (Å²) in [4.78, 5) is 28.7. The van der Waals surface area contributed by atoms with Gasteiger partial charge in [-0.1, -0.05) is 6.07 Å². The van der Waals surface area contributed by atoms with Crippen LogP contribution in [-0.2, 0) is 19.6 Å². The van der Waals surface area contributed by atoms with Gasteiger partial charge in [-0.25, -0.2) is 13.4 Å². The molecule has 0 unspecified atom stereocenters. The van der Waals surface area contributed by atoms with Crippen LogP contribution in [0.1, 0.15) is 45.2 Å². The van der Waals surface area contributed by atoms with Crippen molar-refractivity contribution in [3.8, 4) is 0 Å². The van der Waals surface area contributed by atoms with Gasteiger partial charge in [0.25, 0.3) is 10.0 Å². The summed E-state index contributed by atoms with van der Waals surface area (Å²) in [5.41, 5.74) is 6.00. The number of hydrogen-bond acceptors (Lipinski definition) is 6. The van der Waals surface area contributed by atoms with E-state index in [-0.39, 0.29) is 36.2 Å². The zero-order valence-electron chi connectivity index (χ0n) is 16.1. The number of carbonyl (C=O) groups excluding carboxylic acids is 2. The second kappa shape index (κ2) is 8.45. The molecule has 0 spiro atoms. The highest BCUT2D eigenvalue weighted by molar-refractivity contribution is 7.89. The lowest BCUT2D eigenvalue weighted by Gasteiger charge is -2.20. The molecule has 8 nitrogen and oxygen atoms in total. The van der Waals surface area contributed by atoms with E-state index >= 15 is 0 Å². The summed E-state index contributed by atoms with van der Waals surface area (Å²) < 4.78 is 26.7. The van der Waals surface area contributed by atoms with Crippen molar-refractivity contribution in [3.63, 3.8) is 0 Å². The predicted octanol–water partition coefficient (Wildman–Crippen LogP) is 0.746. The van der Waals surface area contributed by atoms with Crippen LogP contribution < -0.4 is 11.1 Å². The molecular formula is C18H28N4O4S. The highest BCUT2D eigenvalue weighted by Gasteiger charge is 2.33. The first kappa shape index (κ1) is 21.5. The molecule has 2 rings (SSSR count). The first-order valence-corrected chi connectivity index (χ1v) is 10.5. The molecule has 1 fully saturated rings. The number of nitrogens with one attached hydrogen (secondary N) is 1. The Bertz CT molecular complexity index is 802. The number of nitrogens with two attached hydrogens (primary N) is 1. The molecular weight excluding hydrogens is 368 g/mol. The van der Waals surface area contributed by atoms with Crippen molar-refractivity contribution >= 4 is 21.7 Å². The third-order valence-corrected chi connectivity index (χ3v) is 6.17. The van der Waals surface area contributed by atoms with E-state index in [9.17, 15) is 18.0 Å². The van der Waals surface area contributed by atoms with E-state index in [4.69, 9.17) is 5.73 Å². The largest absolute Gasteiger partial charge is 0.346 e. The van der Waals surface area contributed by atoms with E-state index in [0.717, 1.165) is 4.31 Å². The molecule has 1 amide bonds. The molecule has 1 aromatic rings. The molecule has 3 N–H and O–H groups in total. The van der Waals surface area contributed by atoms with Gasteiger partial charge in [0.15, 0.2) is 10.8 Å². The maximum absolute atomic E-state index is 12.8. The minimum absolute atomic E-state index is 0.0667. The van der Waals surface area contributed by atoms with Crippen molar-refractivity contribution in [2.75, 3.05) is 13.1 Å². The number of rotatable bonds is 6. The lowest BCUT2D eigenvalue weighted by molar-refractivity contribution is -0.127. The topological polar surface area (TPSA) is 122 Å². The van der Waals surface area contributed by atoms with Crippen LogP contribution in [0.2, 0.25) is 0 Å². The highest BCUT2D eigenvalue weighted by Crippen LogP contribution is 2.18. The zero-order chi connectivity index (χ0) is 20.2. The molecule has 1 saturated heterocycles. The number of ketones is 1. The Morgan fingerprint density at radius 3 is 2.74 bits per heavy atom. The highest BCUT2D eigenvalue weighted by atomic mass is 32.2. The Balaban J connectivity index is 2.04. The smallest absolute Gasteiger partial charge is 0.260 e. The van der Waals surface area contributed by atoms with Crippen molar-refractivity contribution < 1.29 is 18.0 Å². The predicted molar refractivity (Wildman–Crippen MR) is 101 cm³/mol. The van der Waals surface area contributed by atoms with Crippen LogP contribution in [0.25, 0.3) is 0 Å². The van der Waals surface area contributed by atoms with Crippen molar-refractivity contribution in [1.29, 1.82) is 0 Å². The number of nitrogens with zero attached hydrogens (tertiary/aromatic N) is 2. The first-order chi connectivity index (χ1) is 12.5. The third-order valence-electron chi connectivity index (χ3n) is 4.42. The summed E-state index contributed by atoms with van der Waals surface area (Å²) in [7, 11) is -3.85. The lowest BCUT2D eigenvalue weighted by Crippen LogP contribution is -2.45. The van der Waals surface area contributed by atoms with Crippen molar-refractivity contribution in [3.05, 3.63) is 23.9 Å². The Morgan fingerprint density at radius 1 is 1.41 bits per heavy atom. The monoisotopic (exact) mass is 396 g/mol. The number of sulfonamides is 1. The minimum atomic E-state index is -3.85. The average Bonchev–Trinajstić information content (AvgIpc) is 2.75. The summed E-state index contributed by atoms with van der Waals surface area (Å²) in [5, 5.41) is 2.65. The summed E-state index contributed by atoms with van der Waals surface area (Å²) in [5.74, 6) is -0.562. The maximum Gasteiger partial charge on any atom is 0.260 e. The third kappa shape index (κ3) is 6.08. The molecule has 150 valence electrons. The molecule has 1 aliphatic rings. The van der Waals surface area contributed by atoms with Crippen LogP contribution in [0.15, 0.2) is 23.2 Å². The quantitative estimate of drug-likeness (QED) is 0.731. The number of hydrogen-bond donors (Lipinski definition) is 2. The molecule has 1 atom stereocenters. The Morgan fingerprint density at radius 2 is 2.11 bits per heavy atom. The molecule has 0 radical (unpaired) electrons. The number of pyridine rings is 1. The standard InChI is InChI=1S/C18H28N4O4S/c1-13-6-4-8-17(20-13)27(25,26)22-11-5-7-14(15(23)12-22)21-16(24)9-10-18(2,3)19/h4,6,8,14H,5,7,9-12,19H2,1-3H3,(H,21,24)/t14-/m0/s1. The number of Topliss-reactive ketones (excluding diaryl/α,β-unsaturated/α-hetero) is 1. The van der Waals surface area contributed by atoms with Crippen molar-refractivity contribution in [1.82, 2.24) is 14.6 Å². The Kier molecular flexibility index (Phi) is 6.72. The van der Waals surface area contributed by atoms with Gasteiger partial charge in [0, 0.05) is 24.2 Å². The number of amides is 1. The summed E-state index contributed by atoms with van der Waals surface area (Å²) in [6, 6.07) is 4.08. The van der Waals surface area contributed by atoms with Gasteiger partial charge in [-0.05, 0) is 52.2 Å². The van der Waals surface area contributed by atoms with Gasteiger partial charge in [-0.15, -0.1) is 0 Å². The molecule has 0 aliphatic carbocycles. The zero-order valence-corrected chi connectivity index (χ0v) is 16.9.